The molecule has 1 atom stereocenters. The van der Waals surface area contributed by atoms with Crippen LogP contribution >= 0.6 is 0 Å². The molecule has 0 saturated carbocycles. The fourth-order valence-electron chi connectivity index (χ4n) is 2.28. The standard InChI is InChI=1S/C15H18N2O3/c1-20-15(19)13-3-2-10-17(11-13)14(18)5-4-12-6-8-16-9-7-12/h4-9,13H,2-3,10-11H2,1H3/b5-4+. The second-order valence-corrected chi connectivity index (χ2v) is 4.76. The second kappa shape index (κ2) is 6.84. The Morgan fingerprint density at radius 3 is 2.85 bits per heavy atom. The molecule has 1 fully saturated rings. The number of rotatable bonds is 3. The molecule has 1 saturated heterocycles. The average Bonchev–Trinajstić information content (AvgIpc) is 2.53. The number of nitrogens with zero attached hydrogens (tertiary/aromatic N) is 2. The number of aromatic nitrogens is 1. The number of carbonyl (C=O) groups excluding carboxylic acids is 2. The van der Waals surface area contributed by atoms with Crippen molar-refractivity contribution in [2.75, 3.05) is 20.2 Å². The maximum atomic E-state index is 12.1. The quantitative estimate of drug-likeness (QED) is 0.619. The van der Waals surface area contributed by atoms with E-state index in [2.05, 4.69) is 4.98 Å². The van der Waals surface area contributed by atoms with Gasteiger partial charge in [0, 0.05) is 31.6 Å². The van der Waals surface area contributed by atoms with Crippen LogP contribution < -0.4 is 0 Å². The predicted molar refractivity (Wildman–Crippen MR) is 74.6 cm³/mol. The molecule has 0 radical (unpaired) electrons. The van der Waals surface area contributed by atoms with Crippen LogP contribution in [0, 0.1) is 5.92 Å². The molecule has 1 aliphatic rings. The first-order valence-electron chi connectivity index (χ1n) is 6.65. The zero-order chi connectivity index (χ0) is 14.4. The van der Waals surface area contributed by atoms with Crippen LogP contribution in [0.25, 0.3) is 6.08 Å². The summed E-state index contributed by atoms with van der Waals surface area (Å²) in [5, 5.41) is 0. The summed E-state index contributed by atoms with van der Waals surface area (Å²) in [4.78, 5) is 29.2. The van der Waals surface area contributed by atoms with E-state index in [1.54, 1.807) is 23.4 Å². The third kappa shape index (κ3) is 3.66. The molecule has 0 aliphatic carbocycles. The van der Waals surface area contributed by atoms with E-state index >= 15 is 0 Å². The molecule has 2 rings (SSSR count). The van der Waals surface area contributed by atoms with E-state index in [9.17, 15) is 9.59 Å². The first-order chi connectivity index (χ1) is 9.70. The van der Waals surface area contributed by atoms with E-state index in [1.807, 2.05) is 12.1 Å². The molecule has 1 aliphatic heterocycles. The summed E-state index contributed by atoms with van der Waals surface area (Å²) in [7, 11) is 1.38. The van der Waals surface area contributed by atoms with Gasteiger partial charge in [-0.25, -0.2) is 0 Å². The third-order valence-electron chi connectivity index (χ3n) is 3.39. The fourth-order valence-corrected chi connectivity index (χ4v) is 2.28. The molecule has 0 N–H and O–H groups in total. The molecule has 0 aromatic carbocycles. The van der Waals surface area contributed by atoms with E-state index in [0.29, 0.717) is 13.1 Å². The summed E-state index contributed by atoms with van der Waals surface area (Å²) < 4.78 is 4.75. The molecule has 5 nitrogen and oxygen atoms in total. The SMILES string of the molecule is COC(=O)C1CCCN(C(=O)/C=C/c2ccncc2)C1. The highest BCUT2D eigenvalue weighted by Gasteiger charge is 2.27. The number of hydrogen-bond donors (Lipinski definition) is 0. The van der Waals surface area contributed by atoms with Gasteiger partial charge >= 0.3 is 5.97 Å². The van der Waals surface area contributed by atoms with E-state index in [4.69, 9.17) is 4.74 Å². The van der Waals surface area contributed by atoms with Crippen LogP contribution in [0.5, 0.6) is 0 Å². The van der Waals surface area contributed by atoms with Crippen molar-refractivity contribution >= 4 is 18.0 Å². The Kier molecular flexibility index (Phi) is 4.87. The maximum absolute atomic E-state index is 12.1. The minimum atomic E-state index is -0.236. The van der Waals surface area contributed by atoms with Gasteiger partial charge in [-0.15, -0.1) is 0 Å². The van der Waals surface area contributed by atoms with Gasteiger partial charge in [-0.2, -0.15) is 0 Å². The monoisotopic (exact) mass is 274 g/mol. The Balaban J connectivity index is 1.95. The van der Waals surface area contributed by atoms with Crippen molar-refractivity contribution in [3.05, 3.63) is 36.2 Å². The molecule has 20 heavy (non-hydrogen) atoms. The Morgan fingerprint density at radius 1 is 1.40 bits per heavy atom. The molecule has 0 bridgehead atoms. The van der Waals surface area contributed by atoms with Crippen LogP contribution in [0.3, 0.4) is 0 Å². The Morgan fingerprint density at radius 2 is 2.15 bits per heavy atom. The Bertz CT molecular complexity index is 499. The van der Waals surface area contributed by atoms with Gasteiger partial charge in [0.15, 0.2) is 0 Å². The summed E-state index contributed by atoms with van der Waals surface area (Å²) in [6.07, 6.45) is 8.26. The van der Waals surface area contributed by atoms with Gasteiger partial charge in [0.1, 0.15) is 0 Å². The molecule has 0 spiro atoms. The van der Waals surface area contributed by atoms with Crippen molar-refractivity contribution in [1.82, 2.24) is 9.88 Å². The highest BCUT2D eigenvalue weighted by Crippen LogP contribution is 2.18. The Hall–Kier alpha value is -2.17. The van der Waals surface area contributed by atoms with Crippen molar-refractivity contribution in [3.63, 3.8) is 0 Å². The van der Waals surface area contributed by atoms with Gasteiger partial charge in [-0.3, -0.25) is 14.6 Å². The molecular formula is C15H18N2O3. The highest BCUT2D eigenvalue weighted by molar-refractivity contribution is 5.92. The maximum Gasteiger partial charge on any atom is 0.310 e. The molecule has 1 aromatic heterocycles. The summed E-state index contributed by atoms with van der Waals surface area (Å²) in [5.41, 5.74) is 0.926. The number of hydrogen-bond acceptors (Lipinski definition) is 4. The molecule has 1 amide bonds. The summed E-state index contributed by atoms with van der Waals surface area (Å²) in [6, 6.07) is 3.66. The largest absolute Gasteiger partial charge is 0.469 e. The first kappa shape index (κ1) is 14.2. The predicted octanol–water partition coefficient (Wildman–Crippen LogP) is 1.51. The Labute approximate surface area is 118 Å². The van der Waals surface area contributed by atoms with Crippen LogP contribution in [0.4, 0.5) is 0 Å². The molecule has 106 valence electrons. The van der Waals surface area contributed by atoms with Crippen LogP contribution in [0.2, 0.25) is 0 Å². The number of likely N-dealkylation sites (tertiary alicyclic amines) is 1. The average molecular weight is 274 g/mol. The molecule has 1 unspecified atom stereocenters. The number of ether oxygens (including phenoxy) is 1. The summed E-state index contributed by atoms with van der Waals surface area (Å²) >= 11 is 0. The number of methoxy groups -OCH3 is 1. The number of carbonyl (C=O) groups is 2. The lowest BCUT2D eigenvalue weighted by Crippen LogP contribution is -2.41. The van der Waals surface area contributed by atoms with Crippen molar-refractivity contribution in [2.45, 2.75) is 12.8 Å². The minimum absolute atomic E-state index is 0.0737. The van der Waals surface area contributed by atoms with Gasteiger partial charge in [0.05, 0.1) is 13.0 Å². The lowest BCUT2D eigenvalue weighted by molar-refractivity contribution is -0.148. The third-order valence-corrected chi connectivity index (χ3v) is 3.39. The number of esters is 1. The molecule has 2 heterocycles. The van der Waals surface area contributed by atoms with Crippen LogP contribution in [0.1, 0.15) is 18.4 Å². The van der Waals surface area contributed by atoms with Gasteiger partial charge in [-0.05, 0) is 36.6 Å². The lowest BCUT2D eigenvalue weighted by Gasteiger charge is -2.30. The molecule has 1 aromatic rings. The number of amides is 1. The fraction of sp³-hybridized carbons (Fsp3) is 0.400. The van der Waals surface area contributed by atoms with Crippen LogP contribution in [0.15, 0.2) is 30.6 Å². The lowest BCUT2D eigenvalue weighted by atomic mass is 9.98. The molecular weight excluding hydrogens is 256 g/mol. The normalized spacial score (nSPS) is 19.1. The van der Waals surface area contributed by atoms with E-state index in [0.717, 1.165) is 18.4 Å². The number of piperidine rings is 1. The van der Waals surface area contributed by atoms with Gasteiger partial charge in [0.25, 0.3) is 0 Å². The van der Waals surface area contributed by atoms with Gasteiger partial charge in [-0.1, -0.05) is 0 Å². The summed E-state index contributed by atoms with van der Waals surface area (Å²) in [5.74, 6) is -0.511. The summed E-state index contributed by atoms with van der Waals surface area (Å²) in [6.45, 7) is 1.12. The van der Waals surface area contributed by atoms with Crippen molar-refractivity contribution in [2.24, 2.45) is 5.92 Å². The molecule has 5 heteroatoms. The van der Waals surface area contributed by atoms with Gasteiger partial charge < -0.3 is 9.64 Å². The zero-order valence-electron chi connectivity index (χ0n) is 11.5. The second-order valence-electron chi connectivity index (χ2n) is 4.76. The van der Waals surface area contributed by atoms with Crippen molar-refractivity contribution < 1.29 is 14.3 Å². The van der Waals surface area contributed by atoms with Crippen LogP contribution in [-0.4, -0.2) is 42.0 Å². The van der Waals surface area contributed by atoms with Crippen molar-refractivity contribution in [3.8, 4) is 0 Å². The van der Waals surface area contributed by atoms with E-state index < -0.39 is 0 Å². The van der Waals surface area contributed by atoms with Gasteiger partial charge in [0.2, 0.25) is 5.91 Å². The highest BCUT2D eigenvalue weighted by atomic mass is 16.5. The minimum Gasteiger partial charge on any atom is -0.469 e. The zero-order valence-corrected chi connectivity index (χ0v) is 11.5. The van der Waals surface area contributed by atoms with Crippen molar-refractivity contribution in [1.29, 1.82) is 0 Å². The number of pyridine rings is 1. The first-order valence-corrected chi connectivity index (χ1v) is 6.65. The van der Waals surface area contributed by atoms with E-state index in [-0.39, 0.29) is 17.8 Å². The smallest absolute Gasteiger partial charge is 0.310 e. The topological polar surface area (TPSA) is 59.5 Å². The van der Waals surface area contributed by atoms with Crippen LogP contribution in [-0.2, 0) is 14.3 Å². The van der Waals surface area contributed by atoms with E-state index in [1.165, 1.54) is 13.2 Å².